The van der Waals surface area contributed by atoms with Gasteiger partial charge in [0.1, 0.15) is 11.4 Å². The molecule has 0 radical (unpaired) electrons. The third-order valence-corrected chi connectivity index (χ3v) is 6.28. The predicted molar refractivity (Wildman–Crippen MR) is 126 cm³/mol. The van der Waals surface area contributed by atoms with Gasteiger partial charge in [0.2, 0.25) is 0 Å². The van der Waals surface area contributed by atoms with Gasteiger partial charge < -0.3 is 14.8 Å². The second-order valence-electron chi connectivity index (χ2n) is 8.11. The molecule has 1 saturated heterocycles. The Labute approximate surface area is 192 Å². The highest BCUT2D eigenvalue weighted by molar-refractivity contribution is 7.11. The molecule has 8 heteroatoms. The van der Waals surface area contributed by atoms with Crippen LogP contribution in [0.1, 0.15) is 25.1 Å². The van der Waals surface area contributed by atoms with Crippen molar-refractivity contribution >= 4 is 34.4 Å². The minimum Gasteiger partial charge on any atom is -0.491 e. The number of carbonyl (C=O) groups is 2. The molecular weight excluding hydrogens is 426 g/mol. The number of thiophene rings is 1. The number of hydrogen-bond donors (Lipinski definition) is 1. The summed E-state index contributed by atoms with van der Waals surface area (Å²) in [4.78, 5) is 31.0. The molecule has 1 aromatic heterocycles. The third kappa shape index (κ3) is 5.20. The zero-order valence-corrected chi connectivity index (χ0v) is 19.3. The minimum atomic E-state index is -0.275. The molecule has 0 bridgehead atoms. The Bertz CT molecular complexity index is 964. The summed E-state index contributed by atoms with van der Waals surface area (Å²) in [6, 6.07) is 11.2. The van der Waals surface area contributed by atoms with Crippen molar-refractivity contribution in [3.05, 3.63) is 52.4 Å². The number of carbonyl (C=O) groups excluding carboxylic acids is 2. The fraction of sp³-hybridized carbons (Fsp3) is 0.417. The van der Waals surface area contributed by atoms with Crippen LogP contribution in [0.3, 0.4) is 0 Å². The molecule has 170 valence electrons. The first-order chi connectivity index (χ1) is 15.5. The summed E-state index contributed by atoms with van der Waals surface area (Å²) >= 11 is 1.46. The van der Waals surface area contributed by atoms with Crippen molar-refractivity contribution in [2.45, 2.75) is 26.4 Å². The average molecular weight is 456 g/mol. The van der Waals surface area contributed by atoms with E-state index in [4.69, 9.17) is 9.47 Å². The molecule has 32 heavy (non-hydrogen) atoms. The highest BCUT2D eigenvalue weighted by atomic mass is 32.1. The van der Waals surface area contributed by atoms with Crippen molar-refractivity contribution in [1.29, 1.82) is 0 Å². The summed E-state index contributed by atoms with van der Waals surface area (Å²) in [5, 5.41) is 5.12. The molecule has 2 aromatic rings. The quantitative estimate of drug-likeness (QED) is 0.584. The smallest absolute Gasteiger partial charge is 0.278 e. The molecule has 0 saturated carbocycles. The number of hydrogen-bond acceptors (Lipinski definition) is 7. The fourth-order valence-electron chi connectivity index (χ4n) is 3.86. The zero-order valence-electron chi connectivity index (χ0n) is 18.5. The second-order valence-corrected chi connectivity index (χ2v) is 9.06. The van der Waals surface area contributed by atoms with Crippen molar-refractivity contribution in [2.24, 2.45) is 0 Å². The molecular formula is C24H29N3O4S. The summed E-state index contributed by atoms with van der Waals surface area (Å²) < 4.78 is 11.1. The summed E-state index contributed by atoms with van der Waals surface area (Å²) in [6.07, 6.45) is 0.825. The number of nitrogens with zero attached hydrogens (tertiary/aromatic N) is 2. The van der Waals surface area contributed by atoms with Gasteiger partial charge in [-0.15, -0.1) is 11.3 Å². The van der Waals surface area contributed by atoms with Crippen LogP contribution in [-0.4, -0.2) is 67.1 Å². The van der Waals surface area contributed by atoms with Crippen LogP contribution in [0.15, 0.2) is 47.5 Å². The van der Waals surface area contributed by atoms with Gasteiger partial charge in [-0.1, -0.05) is 6.07 Å². The van der Waals surface area contributed by atoms with Crippen molar-refractivity contribution in [3.8, 4) is 5.75 Å². The number of ether oxygens (including phenoxy) is 2. The lowest BCUT2D eigenvalue weighted by Crippen LogP contribution is -2.39. The van der Waals surface area contributed by atoms with Crippen LogP contribution in [-0.2, 0) is 14.3 Å². The van der Waals surface area contributed by atoms with E-state index in [-0.39, 0.29) is 17.9 Å². The number of imide groups is 1. The molecule has 2 aliphatic rings. The Kier molecular flexibility index (Phi) is 7.24. The first-order valence-electron chi connectivity index (χ1n) is 11.0. The van der Waals surface area contributed by atoms with E-state index in [2.05, 4.69) is 10.2 Å². The summed E-state index contributed by atoms with van der Waals surface area (Å²) in [5.41, 5.74) is 1.52. The predicted octanol–water partition coefficient (Wildman–Crippen LogP) is 3.45. The van der Waals surface area contributed by atoms with Gasteiger partial charge in [-0.25, -0.2) is 0 Å². The third-order valence-electron chi connectivity index (χ3n) is 5.39. The molecule has 1 fully saturated rings. The number of rotatable bonds is 9. The molecule has 0 spiro atoms. The maximum absolute atomic E-state index is 13.3. The number of amides is 2. The van der Waals surface area contributed by atoms with Crippen LogP contribution in [0.5, 0.6) is 5.75 Å². The lowest BCUT2D eigenvalue weighted by molar-refractivity contribution is -0.136. The van der Waals surface area contributed by atoms with Gasteiger partial charge in [0.05, 0.1) is 24.9 Å². The molecule has 0 unspecified atom stereocenters. The zero-order chi connectivity index (χ0) is 22.5. The Morgan fingerprint density at radius 2 is 1.81 bits per heavy atom. The molecule has 2 amide bonds. The van der Waals surface area contributed by atoms with Gasteiger partial charge in [-0.2, -0.15) is 0 Å². The van der Waals surface area contributed by atoms with Crippen molar-refractivity contribution < 1.29 is 19.1 Å². The first-order valence-corrected chi connectivity index (χ1v) is 11.9. The Balaban J connectivity index is 1.48. The topological polar surface area (TPSA) is 71.1 Å². The number of nitrogens with one attached hydrogen (secondary N) is 1. The van der Waals surface area contributed by atoms with E-state index in [1.54, 1.807) is 0 Å². The number of anilines is 1. The van der Waals surface area contributed by atoms with Gasteiger partial charge in [0, 0.05) is 36.7 Å². The maximum Gasteiger partial charge on any atom is 0.278 e. The number of morpholine rings is 1. The van der Waals surface area contributed by atoms with Crippen LogP contribution in [0, 0.1) is 0 Å². The molecule has 1 aromatic carbocycles. The second kappa shape index (κ2) is 10.3. The van der Waals surface area contributed by atoms with Gasteiger partial charge >= 0.3 is 0 Å². The van der Waals surface area contributed by atoms with Crippen molar-refractivity contribution in [3.63, 3.8) is 0 Å². The summed E-state index contributed by atoms with van der Waals surface area (Å²) in [6.45, 7) is 8.45. The minimum absolute atomic E-state index is 0.0852. The van der Waals surface area contributed by atoms with Gasteiger partial charge in [0.25, 0.3) is 11.8 Å². The largest absolute Gasteiger partial charge is 0.491 e. The number of benzene rings is 1. The molecule has 3 heterocycles. The van der Waals surface area contributed by atoms with E-state index in [9.17, 15) is 9.59 Å². The van der Waals surface area contributed by atoms with Gasteiger partial charge in [-0.05, 0) is 56.0 Å². The molecule has 0 atom stereocenters. The molecule has 2 aliphatic heterocycles. The normalized spacial score (nSPS) is 17.5. The van der Waals surface area contributed by atoms with E-state index < -0.39 is 0 Å². The van der Waals surface area contributed by atoms with Crippen molar-refractivity contribution in [2.75, 3.05) is 44.7 Å². The Hall–Kier alpha value is -2.68. The van der Waals surface area contributed by atoms with Crippen LogP contribution in [0.25, 0.3) is 5.57 Å². The van der Waals surface area contributed by atoms with Crippen LogP contribution in [0.4, 0.5) is 5.69 Å². The SMILES string of the molecule is CC(C)Oc1ccc(NC2=C(c3cccs3)C(=O)N(CCCN3CCOCC3)C2=O)cc1. The summed E-state index contributed by atoms with van der Waals surface area (Å²) in [7, 11) is 0. The van der Waals surface area contributed by atoms with Crippen LogP contribution in [0.2, 0.25) is 0 Å². The summed E-state index contributed by atoms with van der Waals surface area (Å²) in [5.74, 6) is 0.251. The van der Waals surface area contributed by atoms with E-state index in [0.717, 1.165) is 55.6 Å². The van der Waals surface area contributed by atoms with Gasteiger partial charge in [-0.3, -0.25) is 19.4 Å². The fourth-order valence-corrected chi connectivity index (χ4v) is 4.62. The average Bonchev–Trinajstić information content (AvgIpc) is 3.38. The Morgan fingerprint density at radius 1 is 1.06 bits per heavy atom. The van der Waals surface area contributed by atoms with E-state index in [1.165, 1.54) is 16.2 Å². The van der Waals surface area contributed by atoms with E-state index in [1.807, 2.05) is 55.6 Å². The molecule has 0 aliphatic carbocycles. The lowest BCUT2D eigenvalue weighted by atomic mass is 10.2. The molecule has 1 N–H and O–H groups in total. The Morgan fingerprint density at radius 3 is 2.47 bits per heavy atom. The van der Waals surface area contributed by atoms with Gasteiger partial charge in [0.15, 0.2) is 0 Å². The maximum atomic E-state index is 13.3. The molecule has 7 nitrogen and oxygen atoms in total. The highest BCUT2D eigenvalue weighted by Crippen LogP contribution is 2.33. The lowest BCUT2D eigenvalue weighted by Gasteiger charge is -2.27. The standard InChI is InChI=1S/C24H29N3O4S/c1-17(2)31-19-8-6-18(7-9-19)25-22-21(20-5-3-16-32-20)23(28)27(24(22)29)11-4-10-26-12-14-30-15-13-26/h3,5-9,16-17,25H,4,10-15H2,1-2H3. The highest BCUT2D eigenvalue weighted by Gasteiger charge is 2.39. The van der Waals surface area contributed by atoms with E-state index in [0.29, 0.717) is 17.8 Å². The van der Waals surface area contributed by atoms with Crippen LogP contribution < -0.4 is 10.1 Å². The van der Waals surface area contributed by atoms with Crippen molar-refractivity contribution in [1.82, 2.24) is 9.80 Å². The molecule has 4 rings (SSSR count). The van der Waals surface area contributed by atoms with Crippen LogP contribution >= 0.6 is 11.3 Å². The van der Waals surface area contributed by atoms with E-state index >= 15 is 0 Å². The monoisotopic (exact) mass is 455 g/mol. The first kappa shape index (κ1) is 22.5.